The molecule has 0 spiro atoms. The van der Waals surface area contributed by atoms with Gasteiger partial charge >= 0.3 is 0 Å². The Balaban J connectivity index is 2.02. The van der Waals surface area contributed by atoms with E-state index in [1.54, 1.807) is 24.3 Å². The van der Waals surface area contributed by atoms with Gasteiger partial charge in [-0.2, -0.15) is 0 Å². The second-order valence-electron chi connectivity index (χ2n) is 6.73. The summed E-state index contributed by atoms with van der Waals surface area (Å²) in [6, 6.07) is 14.3. The SMILES string of the molecule is Cc1ccc(Nc2cc(S(=O)(=O)[O-])c(N)c3c2C(=O)c2ccccc2C3=O)cc1. The van der Waals surface area contributed by atoms with Gasteiger partial charge in [-0.1, -0.05) is 42.0 Å². The Morgan fingerprint density at radius 2 is 1.45 bits per heavy atom. The molecule has 3 aromatic rings. The van der Waals surface area contributed by atoms with Gasteiger partial charge in [0.2, 0.25) is 0 Å². The zero-order valence-electron chi connectivity index (χ0n) is 15.2. The molecule has 4 rings (SSSR count). The number of aryl methyl sites for hydroxylation is 1. The molecule has 0 amide bonds. The van der Waals surface area contributed by atoms with Gasteiger partial charge in [0.15, 0.2) is 11.6 Å². The van der Waals surface area contributed by atoms with Crippen LogP contribution in [0.15, 0.2) is 59.5 Å². The Morgan fingerprint density at radius 3 is 2.00 bits per heavy atom. The number of nitrogens with one attached hydrogen (secondary N) is 1. The van der Waals surface area contributed by atoms with Crippen LogP contribution in [-0.2, 0) is 10.1 Å². The first-order valence-electron chi connectivity index (χ1n) is 8.63. The van der Waals surface area contributed by atoms with E-state index >= 15 is 0 Å². The Hall–Kier alpha value is -3.49. The van der Waals surface area contributed by atoms with Crippen molar-refractivity contribution in [2.24, 2.45) is 0 Å². The van der Waals surface area contributed by atoms with E-state index in [-0.39, 0.29) is 27.9 Å². The van der Waals surface area contributed by atoms with Crippen LogP contribution < -0.4 is 11.1 Å². The lowest BCUT2D eigenvalue weighted by molar-refractivity contribution is 0.0980. The molecule has 8 heteroatoms. The van der Waals surface area contributed by atoms with Crippen LogP contribution in [0.3, 0.4) is 0 Å². The summed E-state index contributed by atoms with van der Waals surface area (Å²) in [5.74, 6) is -1.09. The summed E-state index contributed by atoms with van der Waals surface area (Å²) >= 11 is 0. The predicted octanol–water partition coefficient (Wildman–Crippen LogP) is 3.00. The Morgan fingerprint density at radius 1 is 0.897 bits per heavy atom. The zero-order valence-corrected chi connectivity index (χ0v) is 16.0. The first kappa shape index (κ1) is 18.9. The summed E-state index contributed by atoms with van der Waals surface area (Å²) in [5.41, 5.74) is 6.93. The molecule has 0 unspecified atom stereocenters. The topological polar surface area (TPSA) is 129 Å². The highest BCUT2D eigenvalue weighted by Crippen LogP contribution is 2.39. The summed E-state index contributed by atoms with van der Waals surface area (Å²) < 4.78 is 35.3. The molecule has 0 heterocycles. The van der Waals surface area contributed by atoms with Crippen LogP contribution in [0, 0.1) is 6.92 Å². The molecule has 3 N–H and O–H groups in total. The number of benzene rings is 3. The molecule has 0 radical (unpaired) electrons. The van der Waals surface area contributed by atoms with E-state index in [9.17, 15) is 22.6 Å². The van der Waals surface area contributed by atoms with Crippen molar-refractivity contribution in [2.45, 2.75) is 11.8 Å². The molecular formula is C21H15N2O5S-. The molecular weight excluding hydrogens is 392 g/mol. The number of hydrogen-bond acceptors (Lipinski definition) is 7. The first-order valence-corrected chi connectivity index (χ1v) is 10.0. The van der Waals surface area contributed by atoms with Crippen molar-refractivity contribution in [3.63, 3.8) is 0 Å². The lowest BCUT2D eigenvalue weighted by atomic mass is 9.82. The molecule has 0 atom stereocenters. The summed E-state index contributed by atoms with van der Waals surface area (Å²) in [4.78, 5) is 25.5. The normalized spacial score (nSPS) is 13.0. The molecule has 0 bridgehead atoms. The number of ketones is 2. The Bertz CT molecular complexity index is 1300. The van der Waals surface area contributed by atoms with Gasteiger partial charge in [0.05, 0.1) is 27.4 Å². The van der Waals surface area contributed by atoms with E-state index in [4.69, 9.17) is 5.73 Å². The monoisotopic (exact) mass is 407 g/mol. The van der Waals surface area contributed by atoms with E-state index in [1.165, 1.54) is 12.1 Å². The van der Waals surface area contributed by atoms with Crippen molar-refractivity contribution in [1.29, 1.82) is 0 Å². The lowest BCUT2D eigenvalue weighted by Crippen LogP contribution is -2.25. The average Bonchev–Trinajstić information content (AvgIpc) is 2.68. The second kappa shape index (κ2) is 6.54. The zero-order chi connectivity index (χ0) is 20.9. The van der Waals surface area contributed by atoms with E-state index in [0.717, 1.165) is 11.6 Å². The number of carbonyl (C=O) groups is 2. The Kier molecular flexibility index (Phi) is 4.25. The Labute approximate surface area is 166 Å². The van der Waals surface area contributed by atoms with E-state index in [2.05, 4.69) is 5.32 Å². The lowest BCUT2D eigenvalue weighted by Gasteiger charge is -2.25. The summed E-state index contributed by atoms with van der Waals surface area (Å²) in [6.45, 7) is 1.90. The molecule has 7 nitrogen and oxygen atoms in total. The van der Waals surface area contributed by atoms with Gasteiger partial charge in [-0.05, 0) is 25.1 Å². The number of hydrogen-bond donors (Lipinski definition) is 2. The predicted molar refractivity (Wildman–Crippen MR) is 107 cm³/mol. The van der Waals surface area contributed by atoms with Crippen LogP contribution in [-0.4, -0.2) is 24.5 Å². The number of nitrogens with two attached hydrogens (primary N) is 1. The third kappa shape index (κ3) is 3.08. The number of rotatable bonds is 3. The molecule has 29 heavy (non-hydrogen) atoms. The molecule has 0 aromatic heterocycles. The molecule has 146 valence electrons. The number of nitrogen functional groups attached to an aromatic ring is 1. The van der Waals surface area contributed by atoms with E-state index in [1.807, 2.05) is 19.1 Å². The molecule has 0 aliphatic heterocycles. The van der Waals surface area contributed by atoms with Crippen LogP contribution in [0.25, 0.3) is 0 Å². The van der Waals surface area contributed by atoms with Crippen molar-refractivity contribution in [2.75, 3.05) is 11.1 Å². The number of carbonyl (C=O) groups excluding carboxylic acids is 2. The number of fused-ring (bicyclic) bond motifs is 2. The van der Waals surface area contributed by atoms with Crippen molar-refractivity contribution in [3.8, 4) is 0 Å². The van der Waals surface area contributed by atoms with Crippen molar-refractivity contribution < 1.29 is 22.6 Å². The fraction of sp³-hybridized carbons (Fsp3) is 0.0476. The molecule has 3 aromatic carbocycles. The minimum Gasteiger partial charge on any atom is -0.744 e. The largest absolute Gasteiger partial charge is 0.744 e. The van der Waals surface area contributed by atoms with Crippen LogP contribution in [0.4, 0.5) is 17.1 Å². The first-order chi connectivity index (χ1) is 13.7. The molecule has 1 aliphatic rings. The summed E-state index contributed by atoms with van der Waals surface area (Å²) in [6.07, 6.45) is 0. The smallest absolute Gasteiger partial charge is 0.196 e. The summed E-state index contributed by atoms with van der Waals surface area (Å²) in [7, 11) is -4.99. The van der Waals surface area contributed by atoms with Crippen LogP contribution >= 0.6 is 0 Å². The maximum absolute atomic E-state index is 13.2. The highest BCUT2D eigenvalue weighted by Gasteiger charge is 2.35. The fourth-order valence-corrected chi connectivity index (χ4v) is 4.03. The van der Waals surface area contributed by atoms with Crippen molar-refractivity contribution >= 4 is 38.7 Å². The standard InChI is InChI=1S/C21H16N2O5S/c1-11-6-8-12(9-7-11)23-15-10-16(29(26,27)28)19(22)18-17(15)20(24)13-4-2-3-5-14(13)21(18)25/h2-10,23H,22H2,1H3,(H,26,27,28)/p-1. The number of anilines is 3. The van der Waals surface area contributed by atoms with Gasteiger partial charge < -0.3 is 15.6 Å². The minimum absolute atomic E-state index is 0.0281. The molecule has 1 aliphatic carbocycles. The molecule has 0 saturated heterocycles. The molecule has 0 fully saturated rings. The van der Waals surface area contributed by atoms with Crippen molar-refractivity contribution in [3.05, 3.63) is 82.4 Å². The molecule has 0 saturated carbocycles. The van der Waals surface area contributed by atoms with Gasteiger partial charge in [-0.15, -0.1) is 0 Å². The third-order valence-corrected chi connectivity index (χ3v) is 5.68. The van der Waals surface area contributed by atoms with Crippen LogP contribution in [0.5, 0.6) is 0 Å². The van der Waals surface area contributed by atoms with Gasteiger partial charge in [-0.3, -0.25) is 9.59 Å². The van der Waals surface area contributed by atoms with E-state index < -0.39 is 32.3 Å². The summed E-state index contributed by atoms with van der Waals surface area (Å²) in [5, 5.41) is 2.95. The van der Waals surface area contributed by atoms with Crippen LogP contribution in [0.1, 0.15) is 37.4 Å². The maximum Gasteiger partial charge on any atom is 0.196 e. The van der Waals surface area contributed by atoms with Crippen molar-refractivity contribution in [1.82, 2.24) is 0 Å². The quantitative estimate of drug-likeness (QED) is 0.394. The highest BCUT2D eigenvalue weighted by atomic mass is 32.2. The van der Waals surface area contributed by atoms with E-state index in [0.29, 0.717) is 5.69 Å². The highest BCUT2D eigenvalue weighted by molar-refractivity contribution is 7.86. The fourth-order valence-electron chi connectivity index (χ4n) is 3.39. The maximum atomic E-state index is 13.2. The van der Waals surface area contributed by atoms with Gasteiger partial charge in [-0.25, -0.2) is 8.42 Å². The average molecular weight is 407 g/mol. The minimum atomic E-state index is -4.99. The van der Waals surface area contributed by atoms with Gasteiger partial charge in [0, 0.05) is 16.8 Å². The van der Waals surface area contributed by atoms with Crippen LogP contribution in [0.2, 0.25) is 0 Å². The van der Waals surface area contributed by atoms with Gasteiger partial charge in [0.25, 0.3) is 0 Å². The third-order valence-electron chi connectivity index (χ3n) is 4.80. The second-order valence-corrected chi connectivity index (χ2v) is 8.08. The van der Waals surface area contributed by atoms with Gasteiger partial charge in [0.1, 0.15) is 10.1 Å².